The summed E-state index contributed by atoms with van der Waals surface area (Å²) in [6.07, 6.45) is 0. The van der Waals surface area contributed by atoms with Gasteiger partial charge in [0, 0.05) is 11.1 Å². The Morgan fingerprint density at radius 3 is 2.10 bits per heavy atom. The SMILES string of the molecule is CC(C)c1c(Cl)nc(-c2ccc3ccccc3c2)nc1Cl. The number of halogens is 2. The van der Waals surface area contributed by atoms with E-state index in [2.05, 4.69) is 22.1 Å². The lowest BCUT2D eigenvalue weighted by atomic mass is 10.1. The van der Waals surface area contributed by atoms with Crippen LogP contribution in [0, 0.1) is 0 Å². The summed E-state index contributed by atoms with van der Waals surface area (Å²) in [6, 6.07) is 14.2. The lowest BCUT2D eigenvalue weighted by Gasteiger charge is -2.11. The van der Waals surface area contributed by atoms with Crippen LogP contribution in [0.4, 0.5) is 0 Å². The molecule has 1 aromatic heterocycles. The molecule has 4 heteroatoms. The Kier molecular flexibility index (Phi) is 3.83. The fraction of sp³-hybridized carbons (Fsp3) is 0.176. The zero-order valence-corrected chi connectivity index (χ0v) is 13.3. The molecule has 106 valence electrons. The molecular weight excluding hydrogens is 303 g/mol. The van der Waals surface area contributed by atoms with Gasteiger partial charge in [0.25, 0.3) is 0 Å². The minimum Gasteiger partial charge on any atom is -0.216 e. The van der Waals surface area contributed by atoms with Crippen LogP contribution in [-0.2, 0) is 0 Å². The van der Waals surface area contributed by atoms with Crippen LogP contribution >= 0.6 is 23.2 Å². The molecule has 0 bridgehead atoms. The van der Waals surface area contributed by atoms with E-state index < -0.39 is 0 Å². The van der Waals surface area contributed by atoms with Crippen LogP contribution in [0.25, 0.3) is 22.2 Å². The van der Waals surface area contributed by atoms with Gasteiger partial charge in [-0.1, -0.05) is 73.4 Å². The minimum atomic E-state index is 0.190. The summed E-state index contributed by atoms with van der Waals surface area (Å²) < 4.78 is 0. The van der Waals surface area contributed by atoms with Crippen molar-refractivity contribution in [2.45, 2.75) is 19.8 Å². The molecule has 21 heavy (non-hydrogen) atoms. The Labute approximate surface area is 133 Å². The molecule has 1 heterocycles. The molecule has 0 spiro atoms. The van der Waals surface area contributed by atoms with Gasteiger partial charge in [-0.3, -0.25) is 0 Å². The van der Waals surface area contributed by atoms with Crippen LogP contribution in [0.5, 0.6) is 0 Å². The summed E-state index contributed by atoms with van der Waals surface area (Å²) >= 11 is 12.5. The molecule has 3 aromatic rings. The standard InChI is InChI=1S/C17H14Cl2N2/c1-10(2)14-15(18)20-17(21-16(14)19)13-8-7-11-5-3-4-6-12(11)9-13/h3-10H,1-2H3. The van der Waals surface area contributed by atoms with E-state index in [1.54, 1.807) is 0 Å². The summed E-state index contributed by atoms with van der Waals surface area (Å²) in [6.45, 7) is 4.04. The lowest BCUT2D eigenvalue weighted by molar-refractivity contribution is 0.848. The smallest absolute Gasteiger partial charge is 0.162 e. The van der Waals surface area contributed by atoms with E-state index in [1.165, 1.54) is 5.39 Å². The Morgan fingerprint density at radius 2 is 1.48 bits per heavy atom. The van der Waals surface area contributed by atoms with Crippen LogP contribution in [0.2, 0.25) is 10.3 Å². The van der Waals surface area contributed by atoms with Gasteiger partial charge in [0.2, 0.25) is 0 Å². The molecular formula is C17H14Cl2N2. The maximum Gasteiger partial charge on any atom is 0.162 e. The molecule has 0 saturated carbocycles. The van der Waals surface area contributed by atoms with E-state index in [0.29, 0.717) is 16.1 Å². The normalized spacial score (nSPS) is 11.3. The van der Waals surface area contributed by atoms with Crippen molar-refractivity contribution in [3.05, 3.63) is 58.3 Å². The number of fused-ring (bicyclic) bond motifs is 1. The molecule has 0 aliphatic heterocycles. The predicted octanol–water partition coefficient (Wildman–Crippen LogP) is 5.73. The molecule has 0 aliphatic rings. The van der Waals surface area contributed by atoms with Gasteiger partial charge < -0.3 is 0 Å². The second-order valence-electron chi connectivity index (χ2n) is 5.26. The van der Waals surface area contributed by atoms with Gasteiger partial charge in [-0.05, 0) is 22.8 Å². The maximum atomic E-state index is 6.26. The summed E-state index contributed by atoms with van der Waals surface area (Å²) in [5, 5.41) is 3.16. The number of aromatic nitrogens is 2. The number of nitrogens with zero attached hydrogens (tertiary/aromatic N) is 2. The first-order valence-electron chi connectivity index (χ1n) is 6.78. The van der Waals surface area contributed by atoms with Gasteiger partial charge in [0.05, 0.1) is 0 Å². The second kappa shape index (κ2) is 5.63. The first-order valence-corrected chi connectivity index (χ1v) is 7.54. The van der Waals surface area contributed by atoms with Crippen molar-refractivity contribution in [1.29, 1.82) is 0 Å². The Bertz CT molecular complexity index is 790. The van der Waals surface area contributed by atoms with Crippen molar-refractivity contribution in [2.24, 2.45) is 0 Å². The van der Waals surface area contributed by atoms with Gasteiger partial charge in [-0.15, -0.1) is 0 Å². The molecule has 0 saturated heterocycles. The summed E-state index contributed by atoms with van der Waals surface area (Å²) in [7, 11) is 0. The molecule has 2 aromatic carbocycles. The molecule has 2 nitrogen and oxygen atoms in total. The zero-order chi connectivity index (χ0) is 15.0. The van der Waals surface area contributed by atoms with Gasteiger partial charge in [0.1, 0.15) is 10.3 Å². The first-order chi connectivity index (χ1) is 10.1. The summed E-state index contributed by atoms with van der Waals surface area (Å²) in [5.74, 6) is 0.746. The third-order valence-corrected chi connectivity index (χ3v) is 4.01. The predicted molar refractivity (Wildman–Crippen MR) is 89.1 cm³/mol. The number of benzene rings is 2. The third-order valence-electron chi connectivity index (χ3n) is 3.44. The number of hydrogen-bond acceptors (Lipinski definition) is 2. The monoisotopic (exact) mass is 316 g/mol. The van der Waals surface area contributed by atoms with E-state index in [9.17, 15) is 0 Å². The average Bonchev–Trinajstić information content (AvgIpc) is 2.45. The van der Waals surface area contributed by atoms with Gasteiger partial charge in [0.15, 0.2) is 5.82 Å². The topological polar surface area (TPSA) is 25.8 Å². The average molecular weight is 317 g/mol. The van der Waals surface area contributed by atoms with Crippen LogP contribution < -0.4 is 0 Å². The van der Waals surface area contributed by atoms with Crippen molar-refractivity contribution in [3.63, 3.8) is 0 Å². The van der Waals surface area contributed by atoms with Crippen molar-refractivity contribution in [1.82, 2.24) is 9.97 Å². The molecule has 0 aliphatic carbocycles. The lowest BCUT2D eigenvalue weighted by Crippen LogP contribution is -1.99. The maximum absolute atomic E-state index is 6.26. The highest BCUT2D eigenvalue weighted by atomic mass is 35.5. The van der Waals surface area contributed by atoms with Crippen molar-refractivity contribution >= 4 is 34.0 Å². The van der Waals surface area contributed by atoms with Gasteiger partial charge in [-0.2, -0.15) is 0 Å². The van der Waals surface area contributed by atoms with Crippen LogP contribution in [0.1, 0.15) is 25.3 Å². The number of hydrogen-bond donors (Lipinski definition) is 0. The molecule has 0 N–H and O–H groups in total. The largest absolute Gasteiger partial charge is 0.216 e. The van der Waals surface area contributed by atoms with Crippen LogP contribution in [0.15, 0.2) is 42.5 Å². The third kappa shape index (κ3) is 2.74. The zero-order valence-electron chi connectivity index (χ0n) is 11.8. The molecule has 0 atom stereocenters. The van der Waals surface area contributed by atoms with Crippen LogP contribution in [0.3, 0.4) is 0 Å². The fourth-order valence-electron chi connectivity index (χ4n) is 2.35. The molecule has 0 unspecified atom stereocenters. The summed E-state index contributed by atoms with van der Waals surface area (Å²) in [4.78, 5) is 8.80. The van der Waals surface area contributed by atoms with E-state index >= 15 is 0 Å². The fourth-order valence-corrected chi connectivity index (χ4v) is 3.17. The van der Waals surface area contributed by atoms with E-state index in [4.69, 9.17) is 23.2 Å². The number of rotatable bonds is 2. The first kappa shape index (κ1) is 14.3. The van der Waals surface area contributed by atoms with Crippen molar-refractivity contribution in [2.75, 3.05) is 0 Å². The Balaban J connectivity index is 2.14. The van der Waals surface area contributed by atoms with E-state index in [0.717, 1.165) is 16.5 Å². The molecule has 3 rings (SSSR count). The Morgan fingerprint density at radius 1 is 0.857 bits per heavy atom. The van der Waals surface area contributed by atoms with E-state index in [1.807, 2.05) is 44.2 Å². The quantitative estimate of drug-likeness (QED) is 0.564. The van der Waals surface area contributed by atoms with E-state index in [-0.39, 0.29) is 5.92 Å². The summed E-state index contributed by atoms with van der Waals surface area (Å²) in [5.41, 5.74) is 1.70. The molecule has 0 radical (unpaired) electrons. The minimum absolute atomic E-state index is 0.190. The van der Waals surface area contributed by atoms with Crippen molar-refractivity contribution < 1.29 is 0 Å². The Hall–Kier alpha value is -1.64. The molecule has 0 fully saturated rings. The van der Waals surface area contributed by atoms with Gasteiger partial charge >= 0.3 is 0 Å². The highest BCUT2D eigenvalue weighted by Gasteiger charge is 2.15. The second-order valence-corrected chi connectivity index (χ2v) is 5.98. The van der Waals surface area contributed by atoms with Crippen molar-refractivity contribution in [3.8, 4) is 11.4 Å². The van der Waals surface area contributed by atoms with Gasteiger partial charge in [-0.25, -0.2) is 9.97 Å². The molecule has 0 amide bonds. The highest BCUT2D eigenvalue weighted by molar-refractivity contribution is 6.34. The van der Waals surface area contributed by atoms with Crippen LogP contribution in [-0.4, -0.2) is 9.97 Å². The highest BCUT2D eigenvalue weighted by Crippen LogP contribution is 2.31.